The molecule has 1 atom stereocenters. The van der Waals surface area contributed by atoms with Gasteiger partial charge in [-0.25, -0.2) is 5.01 Å². The molecule has 1 aliphatic heterocycles. The summed E-state index contributed by atoms with van der Waals surface area (Å²) in [5, 5.41) is 7.01. The lowest BCUT2D eigenvalue weighted by molar-refractivity contribution is -0.144. The van der Waals surface area contributed by atoms with Gasteiger partial charge in [-0.05, 0) is 67.1 Å². The van der Waals surface area contributed by atoms with Crippen molar-refractivity contribution < 1.29 is 14.3 Å². The average molecular weight is 496 g/mol. The van der Waals surface area contributed by atoms with Gasteiger partial charge in [-0.15, -0.1) is 0 Å². The minimum atomic E-state index is -0.248. The number of carbonyl (C=O) groups is 2. The number of nitrogens with zero attached hydrogens (tertiary/aromatic N) is 3. The summed E-state index contributed by atoms with van der Waals surface area (Å²) in [6.45, 7) is 4.94. The van der Waals surface area contributed by atoms with Gasteiger partial charge in [0.2, 0.25) is 5.91 Å². The van der Waals surface area contributed by atoms with Crippen LogP contribution < -0.4 is 0 Å². The van der Waals surface area contributed by atoms with Crippen molar-refractivity contribution >= 4 is 29.1 Å². The SMILES string of the molecule is COCCN(CC(=O)N1N=C(c2ccc(C)c(C)c2)CC1c1ccc(Cl)cc1)C(=O)C1CCCC1. The van der Waals surface area contributed by atoms with E-state index >= 15 is 0 Å². The number of ether oxygens (including phenoxy) is 1. The van der Waals surface area contributed by atoms with Crippen LogP contribution in [0.15, 0.2) is 47.6 Å². The van der Waals surface area contributed by atoms with Gasteiger partial charge < -0.3 is 9.64 Å². The molecule has 0 bridgehead atoms. The molecule has 1 aliphatic carbocycles. The Bertz CT molecular complexity index is 1090. The summed E-state index contributed by atoms with van der Waals surface area (Å²) in [5.74, 6) is -0.139. The van der Waals surface area contributed by atoms with Gasteiger partial charge in [0.25, 0.3) is 5.91 Å². The molecule has 186 valence electrons. The molecule has 0 saturated heterocycles. The Labute approximate surface area is 212 Å². The van der Waals surface area contributed by atoms with Crippen molar-refractivity contribution in [2.24, 2.45) is 11.0 Å². The molecule has 0 spiro atoms. The van der Waals surface area contributed by atoms with Crippen LogP contribution in [0, 0.1) is 19.8 Å². The van der Waals surface area contributed by atoms with E-state index in [-0.39, 0.29) is 30.3 Å². The number of rotatable bonds is 8. The molecule has 1 saturated carbocycles. The topological polar surface area (TPSA) is 62.2 Å². The van der Waals surface area contributed by atoms with Gasteiger partial charge in [0.1, 0.15) is 6.54 Å². The van der Waals surface area contributed by atoms with Crippen molar-refractivity contribution in [3.05, 3.63) is 69.7 Å². The fourth-order valence-electron chi connectivity index (χ4n) is 4.92. The lowest BCUT2D eigenvalue weighted by Gasteiger charge is -2.28. The fraction of sp³-hybridized carbons (Fsp3) is 0.464. The molecular weight excluding hydrogens is 462 g/mol. The van der Waals surface area contributed by atoms with E-state index < -0.39 is 0 Å². The third-order valence-corrected chi connectivity index (χ3v) is 7.42. The molecule has 2 aliphatic rings. The summed E-state index contributed by atoms with van der Waals surface area (Å²) in [7, 11) is 1.61. The summed E-state index contributed by atoms with van der Waals surface area (Å²) in [6.07, 6.45) is 4.52. The monoisotopic (exact) mass is 495 g/mol. The van der Waals surface area contributed by atoms with E-state index in [1.165, 1.54) is 11.1 Å². The van der Waals surface area contributed by atoms with Crippen LogP contribution in [0.2, 0.25) is 5.02 Å². The number of carbonyl (C=O) groups excluding carboxylic acids is 2. The zero-order valence-corrected chi connectivity index (χ0v) is 21.6. The smallest absolute Gasteiger partial charge is 0.262 e. The minimum Gasteiger partial charge on any atom is -0.383 e. The highest BCUT2D eigenvalue weighted by molar-refractivity contribution is 6.30. The van der Waals surface area contributed by atoms with Crippen molar-refractivity contribution in [1.29, 1.82) is 0 Å². The Morgan fingerprint density at radius 2 is 1.80 bits per heavy atom. The van der Waals surface area contributed by atoms with E-state index in [1.54, 1.807) is 17.0 Å². The number of hydrogen-bond donors (Lipinski definition) is 0. The van der Waals surface area contributed by atoms with Crippen molar-refractivity contribution in [2.75, 3.05) is 26.8 Å². The largest absolute Gasteiger partial charge is 0.383 e. The molecule has 0 aromatic heterocycles. The number of hydrogen-bond acceptors (Lipinski definition) is 4. The second-order valence-corrected chi connectivity index (χ2v) is 10.0. The van der Waals surface area contributed by atoms with Gasteiger partial charge in [-0.2, -0.15) is 5.10 Å². The maximum absolute atomic E-state index is 13.6. The number of halogens is 1. The maximum atomic E-state index is 13.6. The summed E-state index contributed by atoms with van der Waals surface area (Å²) in [4.78, 5) is 28.5. The molecule has 1 unspecified atom stereocenters. The zero-order valence-electron chi connectivity index (χ0n) is 20.8. The first-order valence-corrected chi connectivity index (χ1v) is 12.8. The molecule has 35 heavy (non-hydrogen) atoms. The highest BCUT2D eigenvalue weighted by Crippen LogP contribution is 2.34. The molecule has 2 aromatic rings. The first kappa shape index (κ1) is 25.4. The van der Waals surface area contributed by atoms with Crippen LogP contribution >= 0.6 is 11.6 Å². The van der Waals surface area contributed by atoms with Crippen LogP contribution in [-0.4, -0.2) is 54.2 Å². The van der Waals surface area contributed by atoms with Crippen LogP contribution in [0.5, 0.6) is 0 Å². The van der Waals surface area contributed by atoms with Crippen LogP contribution in [0.25, 0.3) is 0 Å². The minimum absolute atomic E-state index is 0.0000998. The zero-order chi connectivity index (χ0) is 24.9. The van der Waals surface area contributed by atoms with Crippen molar-refractivity contribution in [3.63, 3.8) is 0 Å². The van der Waals surface area contributed by atoms with Gasteiger partial charge in [-0.1, -0.05) is 48.7 Å². The number of hydrazone groups is 1. The van der Waals surface area contributed by atoms with E-state index in [9.17, 15) is 9.59 Å². The Morgan fingerprint density at radius 3 is 2.46 bits per heavy atom. The summed E-state index contributed by atoms with van der Waals surface area (Å²) < 4.78 is 5.23. The van der Waals surface area contributed by atoms with E-state index in [2.05, 4.69) is 32.0 Å². The molecule has 0 radical (unpaired) electrons. The van der Waals surface area contributed by atoms with Gasteiger partial charge in [0.15, 0.2) is 0 Å². The van der Waals surface area contributed by atoms with Gasteiger partial charge in [0.05, 0.1) is 18.4 Å². The Kier molecular flexibility index (Phi) is 8.24. The second-order valence-electron chi connectivity index (χ2n) is 9.59. The Balaban J connectivity index is 1.61. The molecular formula is C28H34ClN3O3. The standard InChI is InChI=1S/C28H34ClN3O3/c1-19-8-9-23(16-20(19)2)25-17-26(21-10-12-24(29)13-11-21)32(30-25)27(33)18-31(14-15-35-3)28(34)22-6-4-5-7-22/h8-13,16,22,26H,4-7,14-15,17-18H2,1-3H3. The molecule has 6 nitrogen and oxygen atoms in total. The van der Waals surface area contributed by atoms with Crippen LogP contribution in [0.1, 0.15) is 60.4 Å². The van der Waals surface area contributed by atoms with Gasteiger partial charge in [0, 0.05) is 31.0 Å². The van der Waals surface area contributed by atoms with Gasteiger partial charge in [-0.3, -0.25) is 9.59 Å². The van der Waals surface area contributed by atoms with Gasteiger partial charge >= 0.3 is 0 Å². The maximum Gasteiger partial charge on any atom is 0.262 e. The third kappa shape index (κ3) is 5.93. The first-order valence-electron chi connectivity index (χ1n) is 12.4. The predicted molar refractivity (Wildman–Crippen MR) is 139 cm³/mol. The molecule has 4 rings (SSSR count). The molecule has 7 heteroatoms. The lowest BCUT2D eigenvalue weighted by atomic mass is 9.96. The van der Waals surface area contributed by atoms with Crippen LogP contribution in [0.4, 0.5) is 0 Å². The Hall–Kier alpha value is -2.70. The summed E-state index contributed by atoms with van der Waals surface area (Å²) >= 11 is 6.12. The Morgan fingerprint density at radius 1 is 1.09 bits per heavy atom. The second kappa shape index (κ2) is 11.4. The highest BCUT2D eigenvalue weighted by atomic mass is 35.5. The molecule has 2 aromatic carbocycles. The molecule has 2 amide bonds. The van der Waals surface area contributed by atoms with E-state index in [0.717, 1.165) is 42.5 Å². The van der Waals surface area contributed by atoms with Crippen molar-refractivity contribution in [1.82, 2.24) is 9.91 Å². The van der Waals surface area contributed by atoms with Crippen LogP contribution in [0.3, 0.4) is 0 Å². The van der Waals surface area contributed by atoms with Crippen molar-refractivity contribution in [2.45, 2.75) is 52.0 Å². The molecule has 1 heterocycles. The predicted octanol–water partition coefficient (Wildman–Crippen LogP) is 5.30. The average Bonchev–Trinajstić information content (AvgIpc) is 3.54. The van der Waals surface area contributed by atoms with E-state index in [0.29, 0.717) is 24.6 Å². The normalized spacial score (nSPS) is 18.1. The van der Waals surface area contributed by atoms with E-state index in [4.69, 9.17) is 21.4 Å². The number of aryl methyl sites for hydroxylation is 2. The molecule has 1 fully saturated rings. The first-order chi connectivity index (χ1) is 16.9. The fourth-order valence-corrected chi connectivity index (χ4v) is 5.04. The summed E-state index contributed by atoms with van der Waals surface area (Å²) in [6, 6.07) is 13.6. The number of methoxy groups -OCH3 is 1. The van der Waals surface area contributed by atoms with Crippen molar-refractivity contribution in [3.8, 4) is 0 Å². The lowest BCUT2D eigenvalue weighted by Crippen LogP contribution is -2.44. The summed E-state index contributed by atoms with van der Waals surface area (Å²) in [5.41, 5.74) is 5.25. The highest BCUT2D eigenvalue weighted by Gasteiger charge is 2.35. The van der Waals surface area contributed by atoms with E-state index in [1.807, 2.05) is 24.3 Å². The number of amides is 2. The third-order valence-electron chi connectivity index (χ3n) is 7.17. The quantitative estimate of drug-likeness (QED) is 0.499. The van der Waals surface area contributed by atoms with Crippen LogP contribution in [-0.2, 0) is 14.3 Å². The molecule has 0 N–H and O–H groups in total. The number of benzene rings is 2.